The maximum atomic E-state index is 12.4. The van der Waals surface area contributed by atoms with Gasteiger partial charge in [-0.3, -0.25) is 9.59 Å². The molecule has 1 aromatic rings. The second-order valence-corrected chi connectivity index (χ2v) is 6.74. The Hall–Kier alpha value is -2.04. The highest BCUT2D eigenvalue weighted by molar-refractivity contribution is 5.89. The number of benzene rings is 1. The molecule has 2 aliphatic rings. The first-order valence-corrected chi connectivity index (χ1v) is 8.88. The van der Waals surface area contributed by atoms with Crippen LogP contribution in [0.15, 0.2) is 24.3 Å². The minimum atomic E-state index is -0.198. The van der Waals surface area contributed by atoms with Gasteiger partial charge in [0.1, 0.15) is 5.75 Å². The number of nitrogens with one attached hydrogen (secondary N) is 1. The molecule has 0 radical (unpaired) electrons. The molecule has 0 aromatic heterocycles. The van der Waals surface area contributed by atoms with E-state index >= 15 is 0 Å². The Kier molecular flexibility index (Phi) is 5.38. The number of amides is 2. The monoisotopic (exact) mass is 330 g/mol. The molecule has 1 N–H and O–H groups in total. The molecule has 1 aliphatic carbocycles. The van der Waals surface area contributed by atoms with Gasteiger partial charge < -0.3 is 15.0 Å². The zero-order valence-corrected chi connectivity index (χ0v) is 14.3. The number of ether oxygens (including phenoxy) is 1. The Bertz CT molecular complexity index is 596. The van der Waals surface area contributed by atoms with Crippen molar-refractivity contribution in [2.24, 2.45) is 5.92 Å². The van der Waals surface area contributed by atoms with Crippen LogP contribution in [0.5, 0.6) is 5.75 Å². The van der Waals surface area contributed by atoms with E-state index < -0.39 is 0 Å². The fourth-order valence-electron chi connectivity index (χ4n) is 3.85. The SMILES string of the molecule is COc1ccccc1CCNC(=O)[C@@H]1CC(=O)N(C2CCCC2)C1. The normalized spacial score (nSPS) is 21.3. The maximum absolute atomic E-state index is 12.4. The third-order valence-corrected chi connectivity index (χ3v) is 5.18. The van der Waals surface area contributed by atoms with Gasteiger partial charge in [-0.25, -0.2) is 0 Å². The van der Waals surface area contributed by atoms with Gasteiger partial charge in [0.05, 0.1) is 13.0 Å². The van der Waals surface area contributed by atoms with Crippen LogP contribution in [0.2, 0.25) is 0 Å². The lowest BCUT2D eigenvalue weighted by Crippen LogP contribution is -2.37. The molecule has 0 bridgehead atoms. The van der Waals surface area contributed by atoms with Crippen LogP contribution in [-0.2, 0) is 16.0 Å². The van der Waals surface area contributed by atoms with Crippen LogP contribution in [0.25, 0.3) is 0 Å². The first-order valence-electron chi connectivity index (χ1n) is 8.88. The van der Waals surface area contributed by atoms with Gasteiger partial charge >= 0.3 is 0 Å². The molecular weight excluding hydrogens is 304 g/mol. The van der Waals surface area contributed by atoms with Gasteiger partial charge in [0.25, 0.3) is 0 Å². The zero-order chi connectivity index (χ0) is 16.9. The molecule has 1 aliphatic heterocycles. The number of carbonyl (C=O) groups excluding carboxylic acids is 2. The molecular formula is C19H26N2O3. The van der Waals surface area contributed by atoms with Crippen LogP contribution in [0.1, 0.15) is 37.7 Å². The number of rotatable bonds is 6. The molecule has 130 valence electrons. The van der Waals surface area contributed by atoms with Gasteiger partial charge in [0, 0.05) is 25.6 Å². The number of carbonyl (C=O) groups is 2. The highest BCUT2D eigenvalue weighted by Crippen LogP contribution is 2.29. The van der Waals surface area contributed by atoms with Crippen molar-refractivity contribution in [3.8, 4) is 5.75 Å². The van der Waals surface area contributed by atoms with Crippen molar-refractivity contribution < 1.29 is 14.3 Å². The minimum absolute atomic E-state index is 0.00116. The second-order valence-electron chi connectivity index (χ2n) is 6.74. The molecule has 1 aromatic carbocycles. The van der Waals surface area contributed by atoms with Crippen LogP contribution in [0.4, 0.5) is 0 Å². The predicted octanol–water partition coefficient (Wildman–Crippen LogP) is 2.14. The van der Waals surface area contributed by atoms with E-state index in [9.17, 15) is 9.59 Å². The Morgan fingerprint density at radius 3 is 2.79 bits per heavy atom. The molecule has 2 amide bonds. The summed E-state index contributed by atoms with van der Waals surface area (Å²) < 4.78 is 5.32. The van der Waals surface area contributed by atoms with E-state index in [1.54, 1.807) is 7.11 Å². The quantitative estimate of drug-likeness (QED) is 0.869. The van der Waals surface area contributed by atoms with Crippen molar-refractivity contribution in [1.29, 1.82) is 0 Å². The molecule has 2 fully saturated rings. The van der Waals surface area contributed by atoms with Crippen molar-refractivity contribution in [2.45, 2.75) is 44.6 Å². The lowest BCUT2D eigenvalue weighted by molar-refractivity contribution is -0.130. The van der Waals surface area contributed by atoms with Crippen molar-refractivity contribution in [1.82, 2.24) is 10.2 Å². The van der Waals surface area contributed by atoms with Crippen LogP contribution in [0.3, 0.4) is 0 Å². The minimum Gasteiger partial charge on any atom is -0.496 e. The summed E-state index contributed by atoms with van der Waals surface area (Å²) in [5.74, 6) is 0.788. The summed E-state index contributed by atoms with van der Waals surface area (Å²) in [6.07, 6.45) is 5.66. The predicted molar refractivity (Wildman–Crippen MR) is 91.8 cm³/mol. The molecule has 24 heavy (non-hydrogen) atoms. The van der Waals surface area contributed by atoms with Gasteiger partial charge in [-0.15, -0.1) is 0 Å². The number of hydrogen-bond acceptors (Lipinski definition) is 3. The number of methoxy groups -OCH3 is 1. The Balaban J connectivity index is 1.48. The van der Waals surface area contributed by atoms with Gasteiger partial charge in [-0.2, -0.15) is 0 Å². The van der Waals surface area contributed by atoms with E-state index in [2.05, 4.69) is 5.32 Å². The third-order valence-electron chi connectivity index (χ3n) is 5.18. The molecule has 3 rings (SSSR count). The van der Waals surface area contributed by atoms with E-state index in [1.165, 1.54) is 12.8 Å². The summed E-state index contributed by atoms with van der Waals surface area (Å²) in [5, 5.41) is 2.98. The Morgan fingerprint density at radius 2 is 2.04 bits per heavy atom. The Labute approximate surface area is 143 Å². The summed E-state index contributed by atoms with van der Waals surface area (Å²) >= 11 is 0. The number of para-hydroxylation sites is 1. The lowest BCUT2D eigenvalue weighted by Gasteiger charge is -2.23. The van der Waals surface area contributed by atoms with E-state index in [1.807, 2.05) is 29.2 Å². The molecule has 0 spiro atoms. The van der Waals surface area contributed by atoms with Crippen molar-refractivity contribution in [3.63, 3.8) is 0 Å². The lowest BCUT2D eigenvalue weighted by atomic mass is 10.1. The van der Waals surface area contributed by atoms with Crippen LogP contribution in [-0.4, -0.2) is 43.0 Å². The summed E-state index contributed by atoms with van der Waals surface area (Å²) in [7, 11) is 1.65. The highest BCUT2D eigenvalue weighted by Gasteiger charge is 2.38. The number of nitrogens with zero attached hydrogens (tertiary/aromatic N) is 1. The average Bonchev–Trinajstić information content (AvgIpc) is 3.24. The largest absolute Gasteiger partial charge is 0.496 e. The van der Waals surface area contributed by atoms with E-state index in [4.69, 9.17) is 4.74 Å². The third kappa shape index (κ3) is 3.71. The molecule has 1 saturated heterocycles. The van der Waals surface area contributed by atoms with E-state index in [-0.39, 0.29) is 17.7 Å². The molecule has 1 heterocycles. The van der Waals surface area contributed by atoms with Crippen molar-refractivity contribution >= 4 is 11.8 Å². The van der Waals surface area contributed by atoms with Gasteiger partial charge in [-0.1, -0.05) is 31.0 Å². The Morgan fingerprint density at radius 1 is 1.29 bits per heavy atom. The van der Waals surface area contributed by atoms with Gasteiger partial charge in [-0.05, 0) is 30.9 Å². The number of hydrogen-bond donors (Lipinski definition) is 1. The smallest absolute Gasteiger partial charge is 0.225 e. The van der Waals surface area contributed by atoms with Crippen LogP contribution in [0, 0.1) is 5.92 Å². The van der Waals surface area contributed by atoms with Crippen LogP contribution < -0.4 is 10.1 Å². The summed E-state index contributed by atoms with van der Waals surface area (Å²) in [4.78, 5) is 26.5. The molecule has 0 unspecified atom stereocenters. The van der Waals surface area contributed by atoms with Crippen molar-refractivity contribution in [2.75, 3.05) is 20.2 Å². The first-order chi connectivity index (χ1) is 11.7. The second kappa shape index (κ2) is 7.69. The summed E-state index contributed by atoms with van der Waals surface area (Å²) in [6, 6.07) is 8.19. The first kappa shape index (κ1) is 16.8. The standard InChI is InChI=1S/C19H26N2O3/c1-24-17-9-5-2-6-14(17)10-11-20-19(23)15-12-18(22)21(13-15)16-7-3-4-8-16/h2,5-6,9,15-16H,3-4,7-8,10-13H2,1H3,(H,20,23)/t15-/m1/s1. The van der Waals surface area contributed by atoms with Gasteiger partial charge in [0.15, 0.2) is 0 Å². The molecule has 1 atom stereocenters. The average molecular weight is 330 g/mol. The van der Waals surface area contributed by atoms with Crippen molar-refractivity contribution in [3.05, 3.63) is 29.8 Å². The summed E-state index contributed by atoms with van der Waals surface area (Å²) in [5.41, 5.74) is 1.08. The van der Waals surface area contributed by atoms with Gasteiger partial charge in [0.2, 0.25) is 11.8 Å². The molecule has 5 nitrogen and oxygen atoms in total. The molecule has 5 heteroatoms. The fraction of sp³-hybridized carbons (Fsp3) is 0.579. The number of likely N-dealkylation sites (tertiary alicyclic amines) is 1. The van der Waals surface area contributed by atoms with E-state index in [0.29, 0.717) is 25.6 Å². The van der Waals surface area contributed by atoms with E-state index in [0.717, 1.165) is 30.6 Å². The maximum Gasteiger partial charge on any atom is 0.225 e. The topological polar surface area (TPSA) is 58.6 Å². The fourth-order valence-corrected chi connectivity index (χ4v) is 3.85. The van der Waals surface area contributed by atoms with Crippen LogP contribution >= 0.6 is 0 Å². The molecule has 1 saturated carbocycles. The summed E-state index contributed by atoms with van der Waals surface area (Å²) in [6.45, 7) is 1.15. The highest BCUT2D eigenvalue weighted by atomic mass is 16.5. The zero-order valence-electron chi connectivity index (χ0n) is 14.3.